The van der Waals surface area contributed by atoms with Crippen molar-refractivity contribution in [3.05, 3.63) is 57.9 Å². The van der Waals surface area contributed by atoms with Gasteiger partial charge in [0.2, 0.25) is 0 Å². The van der Waals surface area contributed by atoms with Crippen LogP contribution in [0.4, 0.5) is 0 Å². The molecule has 0 saturated heterocycles. The third-order valence-electron chi connectivity index (χ3n) is 5.53. The minimum atomic E-state index is -0.341. The maximum absolute atomic E-state index is 13.0. The Morgan fingerprint density at radius 1 is 1.13 bits per heavy atom. The first-order valence-corrected chi connectivity index (χ1v) is 10.3. The summed E-state index contributed by atoms with van der Waals surface area (Å²) >= 11 is 0. The molecular weight excluding hydrogens is 382 g/mol. The highest BCUT2D eigenvalue weighted by Gasteiger charge is 2.23. The molecule has 0 atom stereocenters. The Morgan fingerprint density at radius 2 is 1.93 bits per heavy atom. The molecule has 3 aromatic rings. The zero-order valence-corrected chi connectivity index (χ0v) is 17.7. The van der Waals surface area contributed by atoms with E-state index in [0.717, 1.165) is 59.8 Å². The largest absolute Gasteiger partial charge is 0.497 e. The number of aryl methyl sites for hydroxylation is 1. The minimum absolute atomic E-state index is 0.341. The lowest BCUT2D eigenvalue weighted by atomic mass is 9.97. The Kier molecular flexibility index (Phi) is 6.06. The molecule has 0 N–H and O–H groups in total. The number of fused-ring (bicyclic) bond motifs is 3. The predicted octanol–water partition coefficient (Wildman–Crippen LogP) is 4.36. The highest BCUT2D eigenvalue weighted by Crippen LogP contribution is 2.35. The fraction of sp³-hybridized carbons (Fsp3) is 0.375. The Balaban J connectivity index is 1.70. The summed E-state index contributed by atoms with van der Waals surface area (Å²) in [5.41, 5.74) is 3.50. The number of rotatable bonds is 7. The third-order valence-corrected chi connectivity index (χ3v) is 5.53. The van der Waals surface area contributed by atoms with Crippen LogP contribution in [0.2, 0.25) is 0 Å². The lowest BCUT2D eigenvalue weighted by Gasteiger charge is -2.29. The van der Waals surface area contributed by atoms with Crippen LogP contribution in [0.5, 0.6) is 11.5 Å². The van der Waals surface area contributed by atoms with Crippen molar-refractivity contribution >= 4 is 11.0 Å². The first kappa shape index (κ1) is 20.4. The van der Waals surface area contributed by atoms with E-state index < -0.39 is 0 Å². The first-order valence-electron chi connectivity index (χ1n) is 10.3. The molecule has 0 unspecified atom stereocenters. The van der Waals surface area contributed by atoms with E-state index in [9.17, 15) is 4.79 Å². The van der Waals surface area contributed by atoms with Gasteiger partial charge in [0.1, 0.15) is 23.8 Å². The van der Waals surface area contributed by atoms with Crippen LogP contribution in [0.25, 0.3) is 22.1 Å². The van der Waals surface area contributed by atoms with Crippen LogP contribution >= 0.6 is 0 Å². The fourth-order valence-electron chi connectivity index (χ4n) is 3.94. The van der Waals surface area contributed by atoms with E-state index in [1.54, 1.807) is 7.11 Å². The van der Waals surface area contributed by atoms with Gasteiger partial charge in [-0.2, -0.15) is 0 Å². The van der Waals surface area contributed by atoms with Crippen LogP contribution in [0.1, 0.15) is 24.5 Å². The van der Waals surface area contributed by atoms with E-state index in [1.165, 1.54) is 0 Å². The van der Waals surface area contributed by atoms with Gasteiger partial charge in [-0.05, 0) is 55.7 Å². The smallest absolute Gasteiger partial charge is 0.344 e. The molecule has 158 valence electrons. The van der Waals surface area contributed by atoms with Gasteiger partial charge in [-0.3, -0.25) is 4.90 Å². The summed E-state index contributed by atoms with van der Waals surface area (Å²) in [5, 5.41) is 0.930. The van der Waals surface area contributed by atoms with E-state index in [1.807, 2.05) is 50.2 Å². The summed E-state index contributed by atoms with van der Waals surface area (Å²) in [6.45, 7) is 7.50. The van der Waals surface area contributed by atoms with Crippen LogP contribution in [0.15, 0.2) is 45.6 Å². The topological polar surface area (TPSA) is 61.1 Å². The summed E-state index contributed by atoms with van der Waals surface area (Å²) in [6, 6.07) is 11.4. The zero-order chi connectivity index (χ0) is 21.1. The van der Waals surface area contributed by atoms with Gasteiger partial charge >= 0.3 is 5.63 Å². The molecule has 1 aromatic heterocycles. The summed E-state index contributed by atoms with van der Waals surface area (Å²) in [6.07, 6.45) is 0.932. The average molecular weight is 409 g/mol. The van der Waals surface area contributed by atoms with Gasteiger partial charge in [0, 0.05) is 31.7 Å². The Hall–Kier alpha value is -2.83. The molecule has 2 heterocycles. The Bertz CT molecular complexity index is 1090. The number of nitrogens with zero attached hydrogens (tertiary/aromatic N) is 1. The molecule has 1 aliphatic rings. The summed E-state index contributed by atoms with van der Waals surface area (Å²) in [4.78, 5) is 15.2. The quantitative estimate of drug-likeness (QED) is 0.427. The van der Waals surface area contributed by atoms with E-state index in [4.69, 9.17) is 18.6 Å². The van der Waals surface area contributed by atoms with E-state index in [-0.39, 0.29) is 5.63 Å². The minimum Gasteiger partial charge on any atom is -0.497 e. The van der Waals surface area contributed by atoms with E-state index in [2.05, 4.69) is 4.90 Å². The number of hydrogen-bond donors (Lipinski definition) is 0. The molecular formula is C24H27NO5. The fourth-order valence-corrected chi connectivity index (χ4v) is 3.94. The van der Waals surface area contributed by atoms with Crippen LogP contribution in [-0.2, 0) is 11.3 Å². The molecule has 0 amide bonds. The summed E-state index contributed by atoms with van der Waals surface area (Å²) < 4.78 is 22.4. The number of benzene rings is 2. The van der Waals surface area contributed by atoms with Crippen molar-refractivity contribution in [1.82, 2.24) is 4.90 Å². The van der Waals surface area contributed by atoms with Gasteiger partial charge in [0.25, 0.3) is 0 Å². The molecule has 0 spiro atoms. The Labute approximate surface area is 176 Å². The molecule has 0 aliphatic carbocycles. The van der Waals surface area contributed by atoms with Crippen molar-refractivity contribution in [2.24, 2.45) is 0 Å². The number of methoxy groups -OCH3 is 1. The summed E-state index contributed by atoms with van der Waals surface area (Å²) in [5.74, 6) is 1.53. The Morgan fingerprint density at radius 3 is 2.67 bits per heavy atom. The standard InChI is InChI=1S/C24H27NO5/c1-4-28-13-5-12-25-14-20-21(29-15-25)11-10-19-16(2)22(24(26)30-23(19)20)17-6-8-18(27-3)9-7-17/h6-11H,4-5,12-15H2,1-3H3. The lowest BCUT2D eigenvalue weighted by molar-refractivity contribution is 0.0772. The maximum atomic E-state index is 13.0. The van der Waals surface area contributed by atoms with Gasteiger partial charge in [-0.25, -0.2) is 4.79 Å². The molecule has 0 radical (unpaired) electrons. The zero-order valence-electron chi connectivity index (χ0n) is 17.7. The van der Waals surface area contributed by atoms with Crippen molar-refractivity contribution < 1.29 is 18.6 Å². The molecule has 4 rings (SSSR count). The van der Waals surface area contributed by atoms with Crippen molar-refractivity contribution in [1.29, 1.82) is 0 Å². The molecule has 2 aromatic carbocycles. The highest BCUT2D eigenvalue weighted by molar-refractivity contribution is 5.90. The second kappa shape index (κ2) is 8.90. The molecule has 6 nitrogen and oxygen atoms in total. The van der Waals surface area contributed by atoms with Crippen LogP contribution in [-0.4, -0.2) is 38.5 Å². The highest BCUT2D eigenvalue weighted by atomic mass is 16.5. The van der Waals surface area contributed by atoms with Crippen LogP contribution in [0, 0.1) is 6.92 Å². The van der Waals surface area contributed by atoms with Crippen molar-refractivity contribution in [2.45, 2.75) is 26.8 Å². The van der Waals surface area contributed by atoms with Gasteiger partial charge in [0.05, 0.1) is 18.2 Å². The first-order chi connectivity index (χ1) is 14.6. The van der Waals surface area contributed by atoms with Gasteiger partial charge in [-0.1, -0.05) is 12.1 Å². The molecule has 6 heteroatoms. The second-order valence-electron chi connectivity index (χ2n) is 7.41. The molecule has 30 heavy (non-hydrogen) atoms. The maximum Gasteiger partial charge on any atom is 0.344 e. The molecule has 0 fully saturated rings. The number of hydrogen-bond acceptors (Lipinski definition) is 6. The van der Waals surface area contributed by atoms with Gasteiger partial charge < -0.3 is 18.6 Å². The number of ether oxygens (including phenoxy) is 3. The third kappa shape index (κ3) is 3.93. The second-order valence-corrected chi connectivity index (χ2v) is 7.41. The van der Waals surface area contributed by atoms with Gasteiger partial charge in [-0.15, -0.1) is 0 Å². The SMILES string of the molecule is CCOCCCN1COc2ccc3c(C)c(-c4ccc(OC)cc4)c(=O)oc3c2C1. The average Bonchev–Trinajstić information content (AvgIpc) is 2.77. The van der Waals surface area contributed by atoms with E-state index in [0.29, 0.717) is 24.4 Å². The monoisotopic (exact) mass is 409 g/mol. The lowest BCUT2D eigenvalue weighted by Crippen LogP contribution is -2.33. The van der Waals surface area contributed by atoms with E-state index >= 15 is 0 Å². The van der Waals surface area contributed by atoms with Crippen molar-refractivity contribution in [3.63, 3.8) is 0 Å². The van der Waals surface area contributed by atoms with Crippen LogP contribution < -0.4 is 15.1 Å². The molecule has 0 bridgehead atoms. The van der Waals surface area contributed by atoms with Crippen LogP contribution in [0.3, 0.4) is 0 Å². The molecule has 0 saturated carbocycles. The van der Waals surface area contributed by atoms with Gasteiger partial charge in [0.15, 0.2) is 0 Å². The molecule has 1 aliphatic heterocycles. The van der Waals surface area contributed by atoms with Crippen molar-refractivity contribution in [2.75, 3.05) is 33.6 Å². The predicted molar refractivity (Wildman–Crippen MR) is 116 cm³/mol. The van der Waals surface area contributed by atoms with Crippen molar-refractivity contribution in [3.8, 4) is 22.6 Å². The normalized spacial score (nSPS) is 13.8. The summed E-state index contributed by atoms with van der Waals surface area (Å²) in [7, 11) is 1.62.